The third-order valence-electron chi connectivity index (χ3n) is 3.30. The maximum atomic E-state index is 12.3. The first-order valence-corrected chi connectivity index (χ1v) is 8.60. The third kappa shape index (κ3) is 4.33. The number of nitrogens with zero attached hydrogens (tertiary/aromatic N) is 1. The lowest BCUT2D eigenvalue weighted by Crippen LogP contribution is -2.49. The van der Waals surface area contributed by atoms with Gasteiger partial charge in [-0.05, 0) is 26.0 Å². The van der Waals surface area contributed by atoms with Crippen LogP contribution in [0, 0.1) is 0 Å². The molecule has 6 nitrogen and oxygen atoms in total. The molecule has 2 atom stereocenters. The van der Waals surface area contributed by atoms with Crippen molar-refractivity contribution < 1.29 is 17.9 Å². The molecule has 0 aromatic heterocycles. The topological polar surface area (TPSA) is 81.9 Å². The number of nitrogen functional groups attached to an aromatic ring is 1. The molecule has 2 rings (SSSR count). The molecule has 1 aliphatic heterocycles. The fraction of sp³-hybridized carbons (Fsp3) is 0.571. The number of rotatable bonds is 5. The monoisotopic (exact) mass is 314 g/mol. The molecule has 1 heterocycles. The highest BCUT2D eigenvalue weighted by molar-refractivity contribution is 7.89. The molecule has 1 aromatic carbocycles. The molecule has 1 aliphatic rings. The van der Waals surface area contributed by atoms with Gasteiger partial charge in [0.2, 0.25) is 10.0 Å². The Morgan fingerprint density at radius 1 is 1.29 bits per heavy atom. The fourth-order valence-corrected chi connectivity index (χ4v) is 3.78. The van der Waals surface area contributed by atoms with E-state index in [0.29, 0.717) is 24.5 Å². The molecule has 1 fully saturated rings. The lowest BCUT2D eigenvalue weighted by molar-refractivity contribution is -0.0441. The van der Waals surface area contributed by atoms with Crippen molar-refractivity contribution >= 4 is 15.7 Å². The first-order chi connectivity index (χ1) is 9.88. The summed E-state index contributed by atoms with van der Waals surface area (Å²) in [5.41, 5.74) is 6.25. The first-order valence-electron chi connectivity index (χ1n) is 6.99. The minimum absolute atomic E-state index is 0.0687. The number of benzene rings is 1. The van der Waals surface area contributed by atoms with Gasteiger partial charge in [0.05, 0.1) is 23.6 Å². The van der Waals surface area contributed by atoms with Gasteiger partial charge in [0.1, 0.15) is 12.4 Å². The van der Waals surface area contributed by atoms with E-state index in [0.717, 1.165) is 0 Å². The molecule has 1 saturated heterocycles. The molecule has 2 unspecified atom stereocenters. The molecule has 0 saturated carbocycles. The molecule has 0 spiro atoms. The van der Waals surface area contributed by atoms with Crippen molar-refractivity contribution in [3.05, 3.63) is 24.3 Å². The van der Waals surface area contributed by atoms with Gasteiger partial charge in [-0.3, -0.25) is 0 Å². The van der Waals surface area contributed by atoms with Gasteiger partial charge in [-0.25, -0.2) is 8.42 Å². The number of hydrogen-bond donors (Lipinski definition) is 1. The van der Waals surface area contributed by atoms with Crippen LogP contribution in [0.1, 0.15) is 13.8 Å². The molecule has 1 aromatic rings. The zero-order valence-electron chi connectivity index (χ0n) is 12.4. The number of hydrogen-bond acceptors (Lipinski definition) is 5. The van der Waals surface area contributed by atoms with Crippen molar-refractivity contribution in [3.8, 4) is 5.75 Å². The van der Waals surface area contributed by atoms with Crippen LogP contribution in [0.2, 0.25) is 0 Å². The van der Waals surface area contributed by atoms with Gasteiger partial charge >= 0.3 is 0 Å². The van der Waals surface area contributed by atoms with E-state index in [1.54, 1.807) is 24.3 Å². The quantitative estimate of drug-likeness (QED) is 0.823. The Bertz CT molecular complexity index is 566. The summed E-state index contributed by atoms with van der Waals surface area (Å²) >= 11 is 0. The number of morpholine rings is 1. The van der Waals surface area contributed by atoms with Crippen LogP contribution in [0.15, 0.2) is 24.3 Å². The van der Waals surface area contributed by atoms with E-state index in [1.165, 1.54) is 4.31 Å². The minimum atomic E-state index is -3.34. The van der Waals surface area contributed by atoms with Crippen molar-refractivity contribution in [1.29, 1.82) is 0 Å². The maximum absolute atomic E-state index is 12.3. The number of para-hydroxylation sites is 2. The summed E-state index contributed by atoms with van der Waals surface area (Å²) < 4.78 is 37.1. The van der Waals surface area contributed by atoms with Crippen molar-refractivity contribution in [2.24, 2.45) is 0 Å². The van der Waals surface area contributed by atoms with Gasteiger partial charge in [0.15, 0.2) is 0 Å². The lowest BCUT2D eigenvalue weighted by atomic mass is 10.3. The van der Waals surface area contributed by atoms with Crippen LogP contribution in [0.25, 0.3) is 0 Å². The predicted octanol–water partition coefficient (Wildman–Crippen LogP) is 1.09. The molecule has 7 heteroatoms. The molecule has 21 heavy (non-hydrogen) atoms. The standard InChI is InChI=1S/C14H22N2O4S/c1-11-9-16(10-12(2)20-11)21(17,18)8-7-19-14-6-4-3-5-13(14)15/h3-6,11-12H,7-10,15H2,1-2H3. The van der Waals surface area contributed by atoms with Gasteiger partial charge < -0.3 is 15.2 Å². The summed E-state index contributed by atoms with van der Waals surface area (Å²) in [4.78, 5) is 0. The highest BCUT2D eigenvalue weighted by Gasteiger charge is 2.30. The van der Waals surface area contributed by atoms with Crippen LogP contribution < -0.4 is 10.5 Å². The summed E-state index contributed by atoms with van der Waals surface area (Å²) in [5, 5.41) is 0. The van der Waals surface area contributed by atoms with Gasteiger partial charge in [-0.1, -0.05) is 12.1 Å². The van der Waals surface area contributed by atoms with Crippen LogP contribution in [0.3, 0.4) is 0 Å². The SMILES string of the molecule is CC1CN(S(=O)(=O)CCOc2ccccc2N)CC(C)O1. The minimum Gasteiger partial charge on any atom is -0.490 e. The van der Waals surface area contributed by atoms with E-state index in [1.807, 2.05) is 13.8 Å². The predicted molar refractivity (Wildman–Crippen MR) is 81.7 cm³/mol. The highest BCUT2D eigenvalue weighted by Crippen LogP contribution is 2.20. The normalized spacial score (nSPS) is 23.9. The second-order valence-electron chi connectivity index (χ2n) is 5.28. The average molecular weight is 314 g/mol. The molecule has 2 N–H and O–H groups in total. The van der Waals surface area contributed by atoms with Crippen molar-refractivity contribution in [2.45, 2.75) is 26.1 Å². The molecular formula is C14H22N2O4S. The summed E-state index contributed by atoms with van der Waals surface area (Å²) in [5.74, 6) is 0.442. The Balaban J connectivity index is 1.91. The zero-order valence-corrected chi connectivity index (χ0v) is 13.2. The zero-order chi connectivity index (χ0) is 15.5. The van der Waals surface area contributed by atoms with Gasteiger partial charge in [0, 0.05) is 13.1 Å². The van der Waals surface area contributed by atoms with Crippen LogP contribution in [-0.2, 0) is 14.8 Å². The number of ether oxygens (including phenoxy) is 2. The number of anilines is 1. The summed E-state index contributed by atoms with van der Waals surface area (Å²) in [6, 6.07) is 7.04. The Morgan fingerprint density at radius 2 is 1.90 bits per heavy atom. The van der Waals surface area contributed by atoms with Gasteiger partial charge in [-0.2, -0.15) is 4.31 Å². The van der Waals surface area contributed by atoms with E-state index in [9.17, 15) is 8.42 Å². The van der Waals surface area contributed by atoms with E-state index in [4.69, 9.17) is 15.2 Å². The Labute approximate surface area is 125 Å². The van der Waals surface area contributed by atoms with E-state index >= 15 is 0 Å². The van der Waals surface area contributed by atoms with Crippen LogP contribution in [0.5, 0.6) is 5.75 Å². The maximum Gasteiger partial charge on any atom is 0.217 e. The molecular weight excluding hydrogens is 292 g/mol. The van der Waals surface area contributed by atoms with Crippen molar-refractivity contribution in [3.63, 3.8) is 0 Å². The molecule has 0 bridgehead atoms. The van der Waals surface area contributed by atoms with E-state index in [2.05, 4.69) is 0 Å². The van der Waals surface area contributed by atoms with E-state index < -0.39 is 10.0 Å². The molecule has 118 valence electrons. The Hall–Kier alpha value is -1.31. The number of nitrogens with two attached hydrogens (primary N) is 1. The van der Waals surface area contributed by atoms with Gasteiger partial charge in [-0.15, -0.1) is 0 Å². The Morgan fingerprint density at radius 3 is 2.52 bits per heavy atom. The summed E-state index contributed by atoms with van der Waals surface area (Å²) in [6.45, 7) is 4.61. The van der Waals surface area contributed by atoms with Crippen LogP contribution in [-0.4, -0.2) is 50.4 Å². The molecule has 0 amide bonds. The van der Waals surface area contributed by atoms with Crippen molar-refractivity contribution in [1.82, 2.24) is 4.31 Å². The second-order valence-corrected chi connectivity index (χ2v) is 7.37. The second kappa shape index (κ2) is 6.64. The smallest absolute Gasteiger partial charge is 0.217 e. The lowest BCUT2D eigenvalue weighted by Gasteiger charge is -2.34. The first kappa shape index (κ1) is 16.1. The van der Waals surface area contributed by atoms with E-state index in [-0.39, 0.29) is 24.6 Å². The number of sulfonamides is 1. The highest BCUT2D eigenvalue weighted by atomic mass is 32.2. The summed E-state index contributed by atoms with van der Waals surface area (Å²) in [7, 11) is -3.34. The van der Waals surface area contributed by atoms with Crippen LogP contribution >= 0.6 is 0 Å². The van der Waals surface area contributed by atoms with Crippen LogP contribution in [0.4, 0.5) is 5.69 Å². The fourth-order valence-electron chi connectivity index (χ4n) is 2.36. The van der Waals surface area contributed by atoms with Gasteiger partial charge in [0.25, 0.3) is 0 Å². The average Bonchev–Trinajstić information content (AvgIpc) is 2.40. The Kier molecular flexibility index (Phi) is 5.08. The molecule has 0 radical (unpaired) electrons. The third-order valence-corrected chi connectivity index (χ3v) is 5.06. The largest absolute Gasteiger partial charge is 0.490 e. The molecule has 0 aliphatic carbocycles. The summed E-state index contributed by atoms with van der Waals surface area (Å²) in [6.07, 6.45) is -0.177. The van der Waals surface area contributed by atoms with Crippen molar-refractivity contribution in [2.75, 3.05) is 31.2 Å².